The minimum Gasteiger partial charge on any atom is -0.497 e. The summed E-state index contributed by atoms with van der Waals surface area (Å²) in [5.74, 6) is 1.77. The average molecular weight is 607 g/mol. The molecular formula is C44H46O2. The van der Waals surface area contributed by atoms with E-state index in [0.29, 0.717) is 0 Å². The van der Waals surface area contributed by atoms with Crippen molar-refractivity contribution in [3.8, 4) is 44.9 Å². The normalized spacial score (nSPS) is 11.3. The molecule has 2 heteroatoms. The lowest BCUT2D eigenvalue weighted by molar-refractivity contribution is 0.415. The fourth-order valence-electron chi connectivity index (χ4n) is 7.07. The van der Waals surface area contributed by atoms with Crippen molar-refractivity contribution in [2.75, 3.05) is 14.2 Å². The van der Waals surface area contributed by atoms with Crippen LogP contribution in [0.25, 0.3) is 54.9 Å². The number of methoxy groups -OCH3 is 2. The van der Waals surface area contributed by atoms with Crippen molar-refractivity contribution in [3.63, 3.8) is 0 Å². The third-order valence-corrected chi connectivity index (χ3v) is 9.39. The number of fused-ring (bicyclic) bond motifs is 2. The molecule has 0 amide bonds. The lowest BCUT2D eigenvalue weighted by Gasteiger charge is -2.25. The molecule has 0 fully saturated rings. The summed E-state index contributed by atoms with van der Waals surface area (Å²) >= 11 is 0. The van der Waals surface area contributed by atoms with E-state index in [9.17, 15) is 0 Å². The van der Waals surface area contributed by atoms with Crippen molar-refractivity contribution in [1.82, 2.24) is 0 Å². The van der Waals surface area contributed by atoms with E-state index in [0.717, 1.165) is 37.2 Å². The summed E-state index contributed by atoms with van der Waals surface area (Å²) in [5, 5.41) is 5.19. The Balaban J connectivity index is 1.77. The van der Waals surface area contributed by atoms with Gasteiger partial charge in [-0.15, -0.1) is 0 Å². The molecule has 0 spiro atoms. The molecule has 0 saturated carbocycles. The number of rotatable bonds is 13. The Morgan fingerprint density at radius 3 is 1.30 bits per heavy atom. The van der Waals surface area contributed by atoms with Crippen LogP contribution in [0.2, 0.25) is 0 Å². The van der Waals surface area contributed by atoms with Gasteiger partial charge in [-0.1, -0.05) is 112 Å². The van der Waals surface area contributed by atoms with E-state index in [2.05, 4.69) is 111 Å². The van der Waals surface area contributed by atoms with E-state index in [-0.39, 0.29) is 0 Å². The number of ether oxygens (including phenoxy) is 2. The lowest BCUT2D eigenvalue weighted by atomic mass is 9.79. The van der Waals surface area contributed by atoms with Crippen molar-refractivity contribution >= 4 is 21.5 Å². The van der Waals surface area contributed by atoms with E-state index in [4.69, 9.17) is 9.47 Å². The summed E-state index contributed by atoms with van der Waals surface area (Å²) in [4.78, 5) is 0. The zero-order chi connectivity index (χ0) is 31.9. The van der Waals surface area contributed by atoms with Crippen molar-refractivity contribution in [2.24, 2.45) is 0 Å². The van der Waals surface area contributed by atoms with Gasteiger partial charge in [0.2, 0.25) is 0 Å². The van der Waals surface area contributed by atoms with Crippen molar-refractivity contribution < 1.29 is 9.47 Å². The average Bonchev–Trinajstić information content (AvgIpc) is 3.11. The highest BCUT2D eigenvalue weighted by Crippen LogP contribution is 2.47. The third-order valence-electron chi connectivity index (χ3n) is 9.39. The summed E-state index contributed by atoms with van der Waals surface area (Å²) in [7, 11) is 3.51. The second-order valence-corrected chi connectivity index (χ2v) is 12.4. The first kappa shape index (κ1) is 31.4. The highest BCUT2D eigenvalue weighted by atomic mass is 16.5. The molecule has 0 aliphatic heterocycles. The van der Waals surface area contributed by atoms with Crippen LogP contribution in [0.1, 0.15) is 63.5 Å². The maximum atomic E-state index is 5.72. The van der Waals surface area contributed by atoms with Gasteiger partial charge in [-0.05, 0) is 128 Å². The fourth-order valence-corrected chi connectivity index (χ4v) is 7.07. The topological polar surface area (TPSA) is 18.5 Å². The van der Waals surface area contributed by atoms with Gasteiger partial charge in [-0.25, -0.2) is 0 Å². The van der Waals surface area contributed by atoms with Gasteiger partial charge in [0.25, 0.3) is 0 Å². The molecule has 0 saturated heterocycles. The number of hydrogen-bond acceptors (Lipinski definition) is 2. The molecule has 46 heavy (non-hydrogen) atoms. The van der Waals surface area contributed by atoms with Gasteiger partial charge in [0.1, 0.15) is 11.5 Å². The maximum Gasteiger partial charge on any atom is 0.119 e. The second kappa shape index (κ2) is 14.7. The zero-order valence-corrected chi connectivity index (χ0v) is 27.9. The number of benzene rings is 6. The lowest BCUT2D eigenvalue weighted by Crippen LogP contribution is -2.03. The third kappa shape index (κ3) is 6.40. The Labute approximate surface area is 275 Å². The molecule has 6 rings (SSSR count). The molecule has 6 aromatic carbocycles. The standard InChI is InChI=1S/C44H46O2/c1-5-7-9-25-39-41(31-19-15-21-35(27-31)45-3)29-33-17-11-13-23-37(33)43(39)44-38-24-14-12-18-34(38)30-42(40(44)26-10-8-6-2)32-20-16-22-36(28-32)46-4/h11-24,27-30H,5-10,25-26H2,1-4H3. The summed E-state index contributed by atoms with van der Waals surface area (Å²) in [6.07, 6.45) is 9.13. The zero-order valence-electron chi connectivity index (χ0n) is 27.9. The van der Waals surface area contributed by atoms with E-state index < -0.39 is 0 Å². The van der Waals surface area contributed by atoms with Crippen LogP contribution < -0.4 is 9.47 Å². The predicted molar refractivity (Wildman–Crippen MR) is 197 cm³/mol. The first-order chi connectivity index (χ1) is 22.7. The van der Waals surface area contributed by atoms with Gasteiger partial charge >= 0.3 is 0 Å². The fraction of sp³-hybridized carbons (Fsp3) is 0.273. The van der Waals surface area contributed by atoms with Gasteiger partial charge in [0.15, 0.2) is 0 Å². The van der Waals surface area contributed by atoms with E-state index in [1.54, 1.807) is 14.2 Å². The van der Waals surface area contributed by atoms with Gasteiger partial charge in [-0.3, -0.25) is 0 Å². The summed E-state index contributed by atoms with van der Waals surface area (Å²) < 4.78 is 11.4. The Morgan fingerprint density at radius 2 is 0.891 bits per heavy atom. The van der Waals surface area contributed by atoms with Gasteiger partial charge in [-0.2, -0.15) is 0 Å². The van der Waals surface area contributed by atoms with Crippen molar-refractivity contribution in [3.05, 3.63) is 120 Å². The van der Waals surface area contributed by atoms with Crippen LogP contribution in [0.3, 0.4) is 0 Å². The minimum atomic E-state index is 0.887. The molecule has 0 bridgehead atoms. The Kier molecular flexibility index (Phi) is 10.0. The molecule has 234 valence electrons. The summed E-state index contributed by atoms with van der Waals surface area (Å²) in [6.45, 7) is 4.59. The molecule has 0 atom stereocenters. The van der Waals surface area contributed by atoms with Crippen LogP contribution in [0.15, 0.2) is 109 Å². The number of hydrogen-bond donors (Lipinski definition) is 0. The molecule has 0 aliphatic rings. The highest BCUT2D eigenvalue weighted by Gasteiger charge is 2.23. The largest absolute Gasteiger partial charge is 0.497 e. The smallest absolute Gasteiger partial charge is 0.119 e. The first-order valence-corrected chi connectivity index (χ1v) is 17.0. The SMILES string of the molecule is CCCCCc1c(-c2cccc(OC)c2)cc2ccccc2c1-c1c(CCCCC)c(-c2cccc(OC)c2)cc2ccccc12. The molecule has 2 nitrogen and oxygen atoms in total. The van der Waals surface area contributed by atoms with E-state index in [1.165, 1.54) is 91.7 Å². The quantitative estimate of drug-likeness (QED) is 0.122. The summed E-state index contributed by atoms with van der Waals surface area (Å²) in [6, 6.07) is 40.0. The van der Waals surface area contributed by atoms with E-state index in [1.807, 2.05) is 12.1 Å². The molecule has 0 aliphatic carbocycles. The molecule has 6 aromatic rings. The van der Waals surface area contributed by atoms with Crippen LogP contribution in [-0.4, -0.2) is 14.2 Å². The van der Waals surface area contributed by atoms with Crippen LogP contribution in [0, 0.1) is 0 Å². The van der Waals surface area contributed by atoms with Gasteiger partial charge < -0.3 is 9.47 Å². The molecule has 0 unspecified atom stereocenters. The molecule has 0 aromatic heterocycles. The molecule has 0 heterocycles. The second-order valence-electron chi connectivity index (χ2n) is 12.4. The van der Waals surface area contributed by atoms with Crippen molar-refractivity contribution in [2.45, 2.75) is 65.2 Å². The molecule has 0 radical (unpaired) electrons. The van der Waals surface area contributed by atoms with Crippen LogP contribution >= 0.6 is 0 Å². The van der Waals surface area contributed by atoms with Crippen molar-refractivity contribution in [1.29, 1.82) is 0 Å². The van der Waals surface area contributed by atoms with Crippen LogP contribution in [0.5, 0.6) is 11.5 Å². The summed E-state index contributed by atoms with van der Waals surface area (Å²) in [5.41, 5.74) is 10.7. The van der Waals surface area contributed by atoms with Gasteiger partial charge in [0, 0.05) is 0 Å². The van der Waals surface area contributed by atoms with E-state index >= 15 is 0 Å². The Morgan fingerprint density at radius 1 is 0.457 bits per heavy atom. The van der Waals surface area contributed by atoms with Crippen LogP contribution in [0.4, 0.5) is 0 Å². The molecular weight excluding hydrogens is 560 g/mol. The minimum absolute atomic E-state index is 0.887. The maximum absolute atomic E-state index is 5.72. The number of unbranched alkanes of at least 4 members (excludes halogenated alkanes) is 4. The van der Waals surface area contributed by atoms with Gasteiger partial charge in [0.05, 0.1) is 14.2 Å². The first-order valence-electron chi connectivity index (χ1n) is 17.0. The predicted octanol–water partition coefficient (Wildman–Crippen LogP) is 12.5. The molecule has 0 N–H and O–H groups in total. The Hall–Kier alpha value is -4.56. The highest BCUT2D eigenvalue weighted by molar-refractivity contribution is 6.11. The van der Waals surface area contributed by atoms with Crippen LogP contribution in [-0.2, 0) is 12.8 Å². The monoisotopic (exact) mass is 606 g/mol. The Bertz CT molecular complexity index is 1810.